The molecule has 1 saturated heterocycles. The number of imidazole rings is 1. The molecule has 4 nitrogen and oxygen atoms in total. The maximum atomic E-state index is 5.70. The predicted octanol–water partition coefficient (Wildman–Crippen LogP) is 2.57. The van der Waals surface area contributed by atoms with Crippen LogP contribution in [0.5, 0.6) is 0 Å². The van der Waals surface area contributed by atoms with Gasteiger partial charge in [-0.3, -0.25) is 0 Å². The summed E-state index contributed by atoms with van der Waals surface area (Å²) in [5.41, 5.74) is 8.20. The lowest BCUT2D eigenvalue weighted by molar-refractivity contribution is 0.407. The average molecular weight is 321 g/mol. The zero-order valence-electron chi connectivity index (χ0n) is 10.8. The molecule has 0 amide bonds. The highest BCUT2D eigenvalue weighted by Crippen LogP contribution is 2.38. The van der Waals surface area contributed by atoms with E-state index in [2.05, 4.69) is 62.1 Å². The summed E-state index contributed by atoms with van der Waals surface area (Å²) in [6, 6.07) is 8.60. The lowest BCUT2D eigenvalue weighted by Crippen LogP contribution is -2.13. The van der Waals surface area contributed by atoms with Crippen molar-refractivity contribution in [1.29, 1.82) is 0 Å². The van der Waals surface area contributed by atoms with Gasteiger partial charge >= 0.3 is 0 Å². The first kappa shape index (κ1) is 12.7. The highest BCUT2D eigenvalue weighted by atomic mass is 79.9. The summed E-state index contributed by atoms with van der Waals surface area (Å²) >= 11 is 3.49. The number of aromatic amines is 1. The van der Waals surface area contributed by atoms with Gasteiger partial charge in [0.1, 0.15) is 0 Å². The van der Waals surface area contributed by atoms with Crippen LogP contribution in [-0.2, 0) is 0 Å². The first-order valence-corrected chi connectivity index (χ1v) is 7.17. The fraction of sp³-hybridized carbons (Fsp3) is 0.357. The number of benzene rings is 1. The SMILES string of the molecule is CN1C[C@H](c2ccc(Br)cc2)[C@@H](c2cnc(N)[nH]2)C1. The minimum Gasteiger partial charge on any atom is -0.369 e. The molecule has 100 valence electrons. The first-order valence-electron chi connectivity index (χ1n) is 6.38. The van der Waals surface area contributed by atoms with E-state index in [1.54, 1.807) is 0 Å². The molecule has 0 unspecified atom stereocenters. The highest BCUT2D eigenvalue weighted by Gasteiger charge is 2.34. The Balaban J connectivity index is 1.92. The minimum atomic E-state index is 0.427. The quantitative estimate of drug-likeness (QED) is 0.894. The Morgan fingerprint density at radius 1 is 1.26 bits per heavy atom. The van der Waals surface area contributed by atoms with Crippen molar-refractivity contribution < 1.29 is 0 Å². The van der Waals surface area contributed by atoms with Gasteiger partial charge in [0.2, 0.25) is 0 Å². The smallest absolute Gasteiger partial charge is 0.197 e. The van der Waals surface area contributed by atoms with Crippen molar-refractivity contribution in [3.8, 4) is 0 Å². The van der Waals surface area contributed by atoms with Gasteiger partial charge in [-0.15, -0.1) is 0 Å². The number of nitrogens with one attached hydrogen (secondary N) is 1. The van der Waals surface area contributed by atoms with E-state index < -0.39 is 0 Å². The standard InChI is InChI=1S/C14H17BrN4/c1-19-7-11(9-2-4-10(15)5-3-9)12(8-19)13-6-17-14(16)18-13/h2-6,11-12H,7-8H2,1H3,(H3,16,17,18)/t11-,12+/m1/s1. The number of hydrogen-bond donors (Lipinski definition) is 2. The summed E-state index contributed by atoms with van der Waals surface area (Å²) in [6.07, 6.45) is 1.87. The topological polar surface area (TPSA) is 57.9 Å². The third-order valence-electron chi connectivity index (χ3n) is 3.82. The van der Waals surface area contributed by atoms with Crippen LogP contribution in [0.15, 0.2) is 34.9 Å². The second-order valence-corrected chi connectivity index (χ2v) is 6.13. The van der Waals surface area contributed by atoms with E-state index in [4.69, 9.17) is 5.73 Å². The largest absolute Gasteiger partial charge is 0.369 e. The van der Waals surface area contributed by atoms with Crippen LogP contribution in [0.3, 0.4) is 0 Å². The molecule has 2 atom stereocenters. The molecule has 1 aromatic heterocycles. The van der Waals surface area contributed by atoms with Crippen molar-refractivity contribution in [3.05, 3.63) is 46.2 Å². The molecular formula is C14H17BrN4. The second-order valence-electron chi connectivity index (χ2n) is 5.21. The molecule has 5 heteroatoms. The zero-order chi connectivity index (χ0) is 13.4. The Kier molecular flexibility index (Phi) is 3.33. The van der Waals surface area contributed by atoms with Crippen LogP contribution in [0.1, 0.15) is 23.1 Å². The van der Waals surface area contributed by atoms with E-state index >= 15 is 0 Å². The van der Waals surface area contributed by atoms with Gasteiger partial charge in [0.25, 0.3) is 0 Å². The van der Waals surface area contributed by atoms with Crippen molar-refractivity contribution in [2.75, 3.05) is 25.9 Å². The number of rotatable bonds is 2. The number of likely N-dealkylation sites (tertiary alicyclic amines) is 1. The molecule has 0 aliphatic carbocycles. The van der Waals surface area contributed by atoms with Crippen molar-refractivity contribution >= 4 is 21.9 Å². The van der Waals surface area contributed by atoms with Crippen LogP contribution in [0.4, 0.5) is 5.95 Å². The molecule has 3 rings (SSSR count). The van der Waals surface area contributed by atoms with E-state index in [1.165, 1.54) is 5.56 Å². The minimum absolute atomic E-state index is 0.427. The number of anilines is 1. The molecule has 1 aliphatic heterocycles. The zero-order valence-corrected chi connectivity index (χ0v) is 12.4. The van der Waals surface area contributed by atoms with Crippen LogP contribution in [0.2, 0.25) is 0 Å². The number of halogens is 1. The molecule has 19 heavy (non-hydrogen) atoms. The van der Waals surface area contributed by atoms with Crippen LogP contribution in [0.25, 0.3) is 0 Å². The van der Waals surface area contributed by atoms with Gasteiger partial charge < -0.3 is 15.6 Å². The van der Waals surface area contributed by atoms with Crippen molar-refractivity contribution in [3.63, 3.8) is 0 Å². The van der Waals surface area contributed by atoms with E-state index in [0.29, 0.717) is 17.8 Å². The molecule has 0 bridgehead atoms. The van der Waals surface area contributed by atoms with Gasteiger partial charge in [0.05, 0.1) is 6.20 Å². The average Bonchev–Trinajstić information content (AvgIpc) is 2.96. The summed E-state index contributed by atoms with van der Waals surface area (Å²) < 4.78 is 1.12. The number of nitrogens with zero attached hydrogens (tertiary/aromatic N) is 2. The number of nitrogen functional groups attached to an aromatic ring is 1. The van der Waals surface area contributed by atoms with E-state index in [0.717, 1.165) is 23.3 Å². The number of nitrogens with two attached hydrogens (primary N) is 1. The summed E-state index contributed by atoms with van der Waals surface area (Å²) in [4.78, 5) is 9.66. The molecule has 2 heterocycles. The van der Waals surface area contributed by atoms with E-state index in [1.807, 2.05) is 6.20 Å². The van der Waals surface area contributed by atoms with E-state index in [-0.39, 0.29) is 0 Å². The van der Waals surface area contributed by atoms with Gasteiger partial charge in [-0.2, -0.15) is 0 Å². The molecule has 0 radical (unpaired) electrons. The van der Waals surface area contributed by atoms with Crippen molar-refractivity contribution in [2.45, 2.75) is 11.8 Å². The maximum absolute atomic E-state index is 5.70. The second kappa shape index (κ2) is 4.98. The maximum Gasteiger partial charge on any atom is 0.197 e. The Labute approximate surface area is 121 Å². The summed E-state index contributed by atoms with van der Waals surface area (Å²) in [5, 5.41) is 0. The Morgan fingerprint density at radius 3 is 2.58 bits per heavy atom. The third kappa shape index (κ3) is 2.53. The Morgan fingerprint density at radius 2 is 1.95 bits per heavy atom. The predicted molar refractivity (Wildman–Crippen MR) is 80.1 cm³/mol. The highest BCUT2D eigenvalue weighted by molar-refractivity contribution is 9.10. The fourth-order valence-corrected chi connectivity index (χ4v) is 3.17. The summed E-state index contributed by atoms with van der Waals surface area (Å²) in [6.45, 7) is 2.09. The normalized spacial score (nSPS) is 23.9. The molecule has 3 N–H and O–H groups in total. The lowest BCUT2D eigenvalue weighted by atomic mass is 9.87. The fourth-order valence-electron chi connectivity index (χ4n) is 2.90. The van der Waals surface area contributed by atoms with Crippen molar-refractivity contribution in [2.24, 2.45) is 0 Å². The van der Waals surface area contributed by atoms with Gasteiger partial charge in [-0.1, -0.05) is 28.1 Å². The monoisotopic (exact) mass is 320 g/mol. The van der Waals surface area contributed by atoms with Gasteiger partial charge in [0, 0.05) is 35.1 Å². The van der Waals surface area contributed by atoms with Gasteiger partial charge in [-0.05, 0) is 24.7 Å². The van der Waals surface area contributed by atoms with E-state index in [9.17, 15) is 0 Å². The number of hydrogen-bond acceptors (Lipinski definition) is 3. The van der Waals surface area contributed by atoms with Crippen LogP contribution >= 0.6 is 15.9 Å². The van der Waals surface area contributed by atoms with Crippen molar-refractivity contribution in [1.82, 2.24) is 14.9 Å². The molecule has 1 aliphatic rings. The van der Waals surface area contributed by atoms with Crippen LogP contribution in [0, 0.1) is 0 Å². The number of aromatic nitrogens is 2. The third-order valence-corrected chi connectivity index (χ3v) is 4.34. The first-order chi connectivity index (χ1) is 9.13. The molecular weight excluding hydrogens is 304 g/mol. The molecule has 2 aromatic rings. The molecule has 0 saturated carbocycles. The Hall–Kier alpha value is -1.33. The molecule has 1 aromatic carbocycles. The van der Waals surface area contributed by atoms with Gasteiger partial charge in [0.15, 0.2) is 5.95 Å². The summed E-state index contributed by atoms with van der Waals surface area (Å²) in [7, 11) is 2.16. The number of likely N-dealkylation sites (N-methyl/N-ethyl adjacent to an activating group) is 1. The Bertz CT molecular complexity index is 563. The summed E-state index contributed by atoms with van der Waals surface area (Å²) in [5.74, 6) is 1.41. The van der Waals surface area contributed by atoms with Gasteiger partial charge in [-0.25, -0.2) is 4.98 Å². The van der Waals surface area contributed by atoms with Crippen LogP contribution in [-0.4, -0.2) is 35.0 Å². The molecule has 1 fully saturated rings. The van der Waals surface area contributed by atoms with Crippen LogP contribution < -0.4 is 5.73 Å². The lowest BCUT2D eigenvalue weighted by Gasteiger charge is -2.17. The number of H-pyrrole nitrogens is 1. The molecule has 0 spiro atoms.